The lowest BCUT2D eigenvalue weighted by molar-refractivity contribution is 1.45. The van der Waals surface area contributed by atoms with Crippen molar-refractivity contribution < 1.29 is 0 Å². The van der Waals surface area contributed by atoms with Crippen molar-refractivity contribution in [2.24, 2.45) is 0 Å². The predicted molar refractivity (Wildman–Crippen MR) is 40.3 cm³/mol. The molecule has 0 aromatic carbocycles. The molecule has 0 saturated heterocycles. The van der Waals surface area contributed by atoms with E-state index in [1.807, 2.05) is 18.2 Å². The molecule has 1 rings (SSSR count). The molecule has 1 aliphatic rings. The molecule has 0 radical (unpaired) electrons. The molecule has 0 spiro atoms. The zero-order chi connectivity index (χ0) is 5.98. The Bertz CT molecular complexity index is 167. The summed E-state index contributed by atoms with van der Waals surface area (Å²) in [5, 5.41) is 0.831. The van der Waals surface area contributed by atoms with Crippen LogP contribution in [0.25, 0.3) is 0 Å². The molecule has 0 aliphatic heterocycles. The minimum atomic E-state index is 0.743. The molecule has 0 aromatic rings. The normalized spacial score (nSPS) is 18.6. The van der Waals surface area contributed by atoms with Gasteiger partial charge in [0.15, 0.2) is 0 Å². The monoisotopic (exact) mass is 144 g/mol. The summed E-state index contributed by atoms with van der Waals surface area (Å²) in [7, 11) is 0. The SMILES string of the molecule is S=C1C=CC=C(Cl)C1. The van der Waals surface area contributed by atoms with E-state index < -0.39 is 0 Å². The average molecular weight is 145 g/mol. The largest absolute Gasteiger partial charge is 0.0888 e. The lowest BCUT2D eigenvalue weighted by atomic mass is 10.2. The zero-order valence-corrected chi connectivity index (χ0v) is 5.80. The molecular formula is C6H5ClS. The zero-order valence-electron chi connectivity index (χ0n) is 4.23. The van der Waals surface area contributed by atoms with Crippen LogP contribution in [0.4, 0.5) is 0 Å². The van der Waals surface area contributed by atoms with E-state index in [0.29, 0.717) is 0 Å². The van der Waals surface area contributed by atoms with Gasteiger partial charge in [0.05, 0.1) is 0 Å². The molecule has 0 fully saturated rings. The second-order valence-corrected chi connectivity index (χ2v) is 2.63. The van der Waals surface area contributed by atoms with Gasteiger partial charge >= 0.3 is 0 Å². The molecule has 8 heavy (non-hydrogen) atoms. The van der Waals surface area contributed by atoms with Crippen molar-refractivity contribution in [3.63, 3.8) is 0 Å². The maximum absolute atomic E-state index is 5.63. The predicted octanol–water partition coefficient (Wildman–Crippen LogP) is 2.44. The molecule has 1 aliphatic carbocycles. The van der Waals surface area contributed by atoms with E-state index >= 15 is 0 Å². The lowest BCUT2D eigenvalue weighted by Crippen LogP contribution is -1.91. The van der Waals surface area contributed by atoms with Crippen molar-refractivity contribution in [3.05, 3.63) is 23.3 Å². The Morgan fingerprint density at radius 1 is 1.62 bits per heavy atom. The highest BCUT2D eigenvalue weighted by Gasteiger charge is 1.98. The minimum absolute atomic E-state index is 0.743. The van der Waals surface area contributed by atoms with Crippen LogP contribution in [0, 0.1) is 0 Å². The maximum atomic E-state index is 5.63. The Morgan fingerprint density at radius 2 is 2.38 bits per heavy atom. The summed E-state index contributed by atoms with van der Waals surface area (Å²) < 4.78 is 0. The Kier molecular flexibility index (Phi) is 1.81. The highest BCUT2D eigenvalue weighted by molar-refractivity contribution is 7.80. The second-order valence-electron chi connectivity index (χ2n) is 1.62. The first kappa shape index (κ1) is 5.99. The van der Waals surface area contributed by atoms with Crippen molar-refractivity contribution in [3.8, 4) is 0 Å². The summed E-state index contributed by atoms with van der Waals surface area (Å²) in [6, 6.07) is 0. The molecule has 0 heterocycles. The molecule has 42 valence electrons. The van der Waals surface area contributed by atoms with Gasteiger partial charge in [-0.3, -0.25) is 0 Å². The van der Waals surface area contributed by atoms with E-state index in [4.69, 9.17) is 23.8 Å². The Balaban J connectivity index is 2.73. The Labute approximate surface area is 58.8 Å². The standard InChI is InChI=1S/C6H5ClS/c7-5-2-1-3-6(8)4-5/h1-3H,4H2. The van der Waals surface area contributed by atoms with Gasteiger partial charge in [0.25, 0.3) is 0 Å². The summed E-state index contributed by atoms with van der Waals surface area (Å²) in [6.45, 7) is 0. The molecule has 0 N–H and O–H groups in total. The summed E-state index contributed by atoms with van der Waals surface area (Å²) in [5.74, 6) is 0. The number of hydrogen-bond donors (Lipinski definition) is 0. The van der Waals surface area contributed by atoms with Crippen LogP contribution in [0.2, 0.25) is 0 Å². The van der Waals surface area contributed by atoms with Crippen LogP contribution < -0.4 is 0 Å². The van der Waals surface area contributed by atoms with Crippen LogP contribution in [0.15, 0.2) is 23.3 Å². The van der Waals surface area contributed by atoms with Crippen molar-refractivity contribution >= 4 is 28.7 Å². The molecule has 0 aromatic heterocycles. The second kappa shape index (κ2) is 2.42. The van der Waals surface area contributed by atoms with Crippen molar-refractivity contribution in [2.75, 3.05) is 0 Å². The van der Waals surface area contributed by atoms with E-state index in [2.05, 4.69) is 0 Å². The van der Waals surface area contributed by atoms with Gasteiger partial charge < -0.3 is 0 Å². The molecule has 0 bridgehead atoms. The van der Waals surface area contributed by atoms with Crippen LogP contribution >= 0.6 is 23.8 Å². The smallest absolute Gasteiger partial charge is 0.0233 e. The van der Waals surface area contributed by atoms with E-state index in [9.17, 15) is 0 Å². The fourth-order valence-electron chi connectivity index (χ4n) is 0.544. The van der Waals surface area contributed by atoms with E-state index in [1.54, 1.807) is 0 Å². The summed E-state index contributed by atoms with van der Waals surface area (Å²) in [6.07, 6.45) is 6.36. The number of halogens is 1. The first-order valence-electron chi connectivity index (χ1n) is 2.34. The van der Waals surface area contributed by atoms with Crippen molar-refractivity contribution in [2.45, 2.75) is 6.42 Å². The molecular weight excluding hydrogens is 140 g/mol. The first-order valence-corrected chi connectivity index (χ1v) is 3.13. The van der Waals surface area contributed by atoms with Gasteiger partial charge in [0, 0.05) is 16.3 Å². The molecule has 0 nitrogen and oxygen atoms in total. The van der Waals surface area contributed by atoms with Gasteiger partial charge in [-0.15, -0.1) is 0 Å². The van der Waals surface area contributed by atoms with Crippen molar-refractivity contribution in [1.29, 1.82) is 0 Å². The van der Waals surface area contributed by atoms with Gasteiger partial charge in [0.1, 0.15) is 0 Å². The molecule has 0 amide bonds. The fraction of sp³-hybridized carbons (Fsp3) is 0.167. The third-order valence-electron chi connectivity index (χ3n) is 0.902. The van der Waals surface area contributed by atoms with Crippen molar-refractivity contribution in [1.82, 2.24) is 0 Å². The quantitative estimate of drug-likeness (QED) is 0.471. The molecule has 0 saturated carbocycles. The van der Waals surface area contributed by atoms with Gasteiger partial charge in [0.2, 0.25) is 0 Å². The minimum Gasteiger partial charge on any atom is -0.0888 e. The van der Waals surface area contributed by atoms with E-state index in [1.165, 1.54) is 0 Å². The van der Waals surface area contributed by atoms with E-state index in [0.717, 1.165) is 16.3 Å². The Hall–Kier alpha value is -0.140. The average Bonchev–Trinajstić information content (AvgIpc) is 1.64. The number of allylic oxidation sites excluding steroid dienone is 4. The van der Waals surface area contributed by atoms with Gasteiger partial charge in [-0.2, -0.15) is 0 Å². The van der Waals surface area contributed by atoms with Crippen LogP contribution in [0.1, 0.15) is 6.42 Å². The van der Waals surface area contributed by atoms with Gasteiger partial charge in [-0.1, -0.05) is 29.9 Å². The fourth-order valence-corrected chi connectivity index (χ4v) is 1.07. The molecule has 0 unspecified atom stereocenters. The van der Waals surface area contributed by atoms with Crippen LogP contribution in [-0.2, 0) is 0 Å². The van der Waals surface area contributed by atoms with Crippen LogP contribution in [0.3, 0.4) is 0 Å². The number of hydrogen-bond acceptors (Lipinski definition) is 1. The summed E-state index contributed by atoms with van der Waals surface area (Å²) in [5.41, 5.74) is 0. The van der Waals surface area contributed by atoms with E-state index in [-0.39, 0.29) is 0 Å². The summed E-state index contributed by atoms with van der Waals surface area (Å²) >= 11 is 10.5. The molecule has 2 heteroatoms. The van der Waals surface area contributed by atoms with Crippen LogP contribution in [-0.4, -0.2) is 4.86 Å². The van der Waals surface area contributed by atoms with Gasteiger partial charge in [-0.05, 0) is 12.2 Å². The first-order chi connectivity index (χ1) is 3.79. The highest BCUT2D eigenvalue weighted by atomic mass is 35.5. The van der Waals surface area contributed by atoms with Crippen LogP contribution in [0.5, 0.6) is 0 Å². The third kappa shape index (κ3) is 1.42. The summed E-state index contributed by atoms with van der Waals surface area (Å²) in [4.78, 5) is 0.914. The Morgan fingerprint density at radius 3 is 2.75 bits per heavy atom. The number of thiocarbonyl (C=S) groups is 1. The number of rotatable bonds is 0. The topological polar surface area (TPSA) is 0 Å². The third-order valence-corrected chi connectivity index (χ3v) is 1.44. The molecule has 0 atom stereocenters. The maximum Gasteiger partial charge on any atom is 0.0233 e. The lowest BCUT2D eigenvalue weighted by Gasteiger charge is -1.99. The highest BCUT2D eigenvalue weighted by Crippen LogP contribution is 2.13. The van der Waals surface area contributed by atoms with Gasteiger partial charge in [-0.25, -0.2) is 0 Å².